The highest BCUT2D eigenvalue weighted by Gasteiger charge is 2.36. The monoisotopic (exact) mass is 481 g/mol. The SMILES string of the molecule is O=C(O)C(=O)O.O=C(c1ccc(OC(F)(F)F)cc1)N1CC(c2nc(-c3ncccn3)no2)C1. The van der Waals surface area contributed by atoms with Gasteiger partial charge in [-0.25, -0.2) is 19.6 Å². The van der Waals surface area contributed by atoms with Gasteiger partial charge in [-0.05, 0) is 30.3 Å². The van der Waals surface area contributed by atoms with Gasteiger partial charge in [0.05, 0.1) is 5.92 Å². The number of amides is 1. The van der Waals surface area contributed by atoms with Crippen molar-refractivity contribution in [3.63, 3.8) is 0 Å². The van der Waals surface area contributed by atoms with E-state index in [1.165, 1.54) is 17.0 Å². The molecule has 0 unspecified atom stereocenters. The zero-order valence-corrected chi connectivity index (χ0v) is 16.8. The van der Waals surface area contributed by atoms with Crippen LogP contribution in [0.1, 0.15) is 22.2 Å². The van der Waals surface area contributed by atoms with Crippen LogP contribution >= 0.6 is 0 Å². The Kier molecular flexibility index (Phi) is 7.04. The van der Waals surface area contributed by atoms with Crippen molar-refractivity contribution >= 4 is 17.8 Å². The fourth-order valence-corrected chi connectivity index (χ4v) is 2.69. The lowest BCUT2D eigenvalue weighted by atomic mass is 9.99. The van der Waals surface area contributed by atoms with Crippen LogP contribution in [-0.2, 0) is 9.59 Å². The molecule has 0 saturated carbocycles. The molecule has 1 saturated heterocycles. The fourth-order valence-electron chi connectivity index (χ4n) is 2.69. The van der Waals surface area contributed by atoms with E-state index in [9.17, 15) is 18.0 Å². The minimum Gasteiger partial charge on any atom is -0.473 e. The number of hydrogen-bond acceptors (Lipinski definition) is 9. The number of alkyl halides is 3. The summed E-state index contributed by atoms with van der Waals surface area (Å²) in [6.07, 6.45) is -1.65. The molecule has 4 rings (SSSR count). The number of carbonyl (C=O) groups is 3. The van der Waals surface area contributed by atoms with Crippen LogP contribution in [0.3, 0.4) is 0 Å². The van der Waals surface area contributed by atoms with Gasteiger partial charge < -0.3 is 24.4 Å². The quantitative estimate of drug-likeness (QED) is 0.521. The molecule has 1 aliphatic rings. The van der Waals surface area contributed by atoms with Crippen molar-refractivity contribution in [3.8, 4) is 17.4 Å². The van der Waals surface area contributed by atoms with Gasteiger partial charge in [-0.2, -0.15) is 4.98 Å². The summed E-state index contributed by atoms with van der Waals surface area (Å²) in [7, 11) is 0. The van der Waals surface area contributed by atoms with Crippen LogP contribution in [0.5, 0.6) is 5.75 Å². The highest BCUT2D eigenvalue weighted by atomic mass is 19.4. The summed E-state index contributed by atoms with van der Waals surface area (Å²) in [5.74, 6) is -3.48. The first kappa shape index (κ1) is 24.1. The smallest absolute Gasteiger partial charge is 0.473 e. The van der Waals surface area contributed by atoms with Gasteiger partial charge in [0.25, 0.3) is 5.91 Å². The number of carboxylic acid groups (broad SMARTS) is 2. The van der Waals surface area contributed by atoms with Crippen molar-refractivity contribution in [1.29, 1.82) is 0 Å². The average molecular weight is 481 g/mol. The van der Waals surface area contributed by atoms with Crippen molar-refractivity contribution < 1.29 is 47.0 Å². The first-order valence-corrected chi connectivity index (χ1v) is 9.26. The molecular weight excluding hydrogens is 467 g/mol. The Balaban J connectivity index is 0.000000481. The number of carbonyl (C=O) groups excluding carboxylic acids is 1. The van der Waals surface area contributed by atoms with Crippen LogP contribution in [0.15, 0.2) is 47.2 Å². The van der Waals surface area contributed by atoms with Crippen molar-refractivity contribution in [2.75, 3.05) is 13.1 Å². The van der Waals surface area contributed by atoms with Crippen LogP contribution < -0.4 is 4.74 Å². The predicted molar refractivity (Wildman–Crippen MR) is 102 cm³/mol. The number of hydrogen-bond donors (Lipinski definition) is 2. The molecule has 34 heavy (non-hydrogen) atoms. The molecule has 1 amide bonds. The number of halogens is 3. The second-order valence-electron chi connectivity index (χ2n) is 6.62. The van der Waals surface area contributed by atoms with E-state index in [-0.39, 0.29) is 29.0 Å². The van der Waals surface area contributed by atoms with Gasteiger partial charge in [-0.1, -0.05) is 5.16 Å². The third kappa shape index (κ3) is 6.24. The average Bonchev–Trinajstić information content (AvgIpc) is 3.23. The Labute approximate surface area is 187 Å². The molecule has 1 aromatic carbocycles. The van der Waals surface area contributed by atoms with Gasteiger partial charge in [-0.15, -0.1) is 13.2 Å². The standard InChI is InChI=1S/C17H12F3N5O3.C2H2O4/c18-17(19,20)27-12-4-2-10(3-5-12)16(26)25-8-11(9-25)15-23-14(24-28-15)13-21-6-1-7-22-13;3-1(4)2(5)6/h1-7,11H,8-9H2;(H,3,4)(H,5,6). The highest BCUT2D eigenvalue weighted by Crippen LogP contribution is 2.29. The van der Waals surface area contributed by atoms with Crippen LogP contribution in [0.4, 0.5) is 13.2 Å². The molecule has 0 radical (unpaired) electrons. The molecule has 2 aromatic heterocycles. The third-order valence-electron chi connectivity index (χ3n) is 4.24. The van der Waals surface area contributed by atoms with Gasteiger partial charge in [0, 0.05) is 31.0 Å². The summed E-state index contributed by atoms with van der Waals surface area (Å²) in [5.41, 5.74) is 0.261. The summed E-state index contributed by atoms with van der Waals surface area (Å²) < 4.78 is 45.5. The lowest BCUT2D eigenvalue weighted by Gasteiger charge is -2.37. The zero-order chi connectivity index (χ0) is 24.9. The van der Waals surface area contributed by atoms with E-state index in [2.05, 4.69) is 24.8 Å². The van der Waals surface area contributed by atoms with E-state index in [4.69, 9.17) is 24.3 Å². The van der Waals surface area contributed by atoms with E-state index in [0.717, 1.165) is 12.1 Å². The maximum atomic E-state index is 12.4. The molecule has 2 N–H and O–H groups in total. The van der Waals surface area contributed by atoms with Crippen molar-refractivity contribution in [2.45, 2.75) is 12.3 Å². The molecule has 1 aliphatic heterocycles. The largest absolute Gasteiger partial charge is 0.573 e. The van der Waals surface area contributed by atoms with Gasteiger partial charge in [0.2, 0.25) is 17.5 Å². The summed E-state index contributed by atoms with van der Waals surface area (Å²) in [5, 5.41) is 18.6. The molecule has 178 valence electrons. The van der Waals surface area contributed by atoms with Crippen LogP contribution in [0, 0.1) is 0 Å². The number of aliphatic carboxylic acids is 2. The van der Waals surface area contributed by atoms with Gasteiger partial charge in [-0.3, -0.25) is 4.79 Å². The normalized spacial score (nSPS) is 13.3. The van der Waals surface area contributed by atoms with E-state index in [0.29, 0.717) is 24.8 Å². The van der Waals surface area contributed by atoms with Gasteiger partial charge >= 0.3 is 18.3 Å². The molecule has 3 heterocycles. The van der Waals surface area contributed by atoms with Crippen molar-refractivity contribution in [3.05, 3.63) is 54.2 Å². The second-order valence-corrected chi connectivity index (χ2v) is 6.62. The van der Waals surface area contributed by atoms with E-state index < -0.39 is 18.3 Å². The van der Waals surface area contributed by atoms with E-state index in [1.54, 1.807) is 18.5 Å². The minimum atomic E-state index is -4.77. The van der Waals surface area contributed by atoms with Crippen LogP contribution in [0.25, 0.3) is 11.6 Å². The lowest BCUT2D eigenvalue weighted by molar-refractivity contribution is -0.274. The Morgan fingerprint density at radius 2 is 1.59 bits per heavy atom. The Bertz CT molecular complexity index is 1150. The minimum absolute atomic E-state index is 0.123. The molecule has 0 spiro atoms. The number of likely N-dealkylation sites (tertiary alicyclic amines) is 1. The molecule has 3 aromatic rings. The predicted octanol–water partition coefficient (Wildman–Crippen LogP) is 1.82. The Morgan fingerprint density at radius 3 is 2.12 bits per heavy atom. The van der Waals surface area contributed by atoms with E-state index in [1.807, 2.05) is 0 Å². The summed E-state index contributed by atoms with van der Waals surface area (Å²) in [6.45, 7) is 0.716. The Hall–Kier alpha value is -4.56. The number of ether oxygens (including phenoxy) is 1. The summed E-state index contributed by atoms with van der Waals surface area (Å²) in [6, 6.07) is 6.44. The first-order chi connectivity index (χ1) is 16.0. The molecule has 1 fully saturated rings. The first-order valence-electron chi connectivity index (χ1n) is 9.26. The van der Waals surface area contributed by atoms with Crippen molar-refractivity contribution in [2.24, 2.45) is 0 Å². The van der Waals surface area contributed by atoms with Gasteiger partial charge in [0.15, 0.2) is 0 Å². The maximum absolute atomic E-state index is 12.4. The molecule has 0 atom stereocenters. The topological polar surface area (TPSA) is 169 Å². The maximum Gasteiger partial charge on any atom is 0.573 e. The molecule has 15 heteroatoms. The summed E-state index contributed by atoms with van der Waals surface area (Å²) in [4.78, 5) is 44.5. The molecule has 0 aliphatic carbocycles. The van der Waals surface area contributed by atoms with Gasteiger partial charge in [0.1, 0.15) is 5.75 Å². The fraction of sp³-hybridized carbons (Fsp3) is 0.211. The molecule has 12 nitrogen and oxygen atoms in total. The molecule has 0 bridgehead atoms. The third-order valence-corrected chi connectivity index (χ3v) is 4.24. The number of carboxylic acids is 2. The number of aromatic nitrogens is 4. The van der Waals surface area contributed by atoms with Crippen molar-refractivity contribution in [1.82, 2.24) is 25.0 Å². The second kappa shape index (κ2) is 9.93. The highest BCUT2D eigenvalue weighted by molar-refractivity contribution is 6.27. The number of rotatable bonds is 4. The van der Waals surface area contributed by atoms with Crippen LogP contribution in [0.2, 0.25) is 0 Å². The van der Waals surface area contributed by atoms with Crippen LogP contribution in [-0.4, -0.2) is 72.5 Å². The number of nitrogens with zero attached hydrogens (tertiary/aromatic N) is 5. The summed E-state index contributed by atoms with van der Waals surface area (Å²) >= 11 is 0. The lowest BCUT2D eigenvalue weighted by Crippen LogP contribution is -2.48. The molecular formula is C19H14F3N5O7. The van der Waals surface area contributed by atoms with E-state index >= 15 is 0 Å². The Morgan fingerprint density at radius 1 is 1.00 bits per heavy atom. The zero-order valence-electron chi connectivity index (χ0n) is 16.8. The number of benzene rings is 1.